The number of hydrogen-bond donors (Lipinski definition) is 0. The predicted octanol–water partition coefficient (Wildman–Crippen LogP) is 3.26. The van der Waals surface area contributed by atoms with Crippen molar-refractivity contribution in [3.8, 4) is 0 Å². The summed E-state index contributed by atoms with van der Waals surface area (Å²) in [6.07, 6.45) is 1.93. The highest BCUT2D eigenvalue weighted by atomic mass is 35.5. The molecule has 0 fully saturated rings. The van der Waals surface area contributed by atoms with E-state index in [4.69, 9.17) is 11.6 Å². The molecule has 1 aromatic carbocycles. The Morgan fingerprint density at radius 1 is 1.31 bits per heavy atom. The first-order valence-electron chi connectivity index (χ1n) is 5.26. The van der Waals surface area contributed by atoms with Crippen LogP contribution < -0.4 is 0 Å². The molecule has 0 aliphatic heterocycles. The fourth-order valence-corrected chi connectivity index (χ4v) is 1.97. The second-order valence-corrected chi connectivity index (χ2v) is 4.73. The van der Waals surface area contributed by atoms with E-state index in [9.17, 15) is 0 Å². The van der Waals surface area contributed by atoms with Gasteiger partial charge in [0.2, 0.25) is 0 Å². The zero-order valence-corrected chi connectivity index (χ0v) is 10.5. The number of pyridine rings is 1. The standard InChI is InChI=1S/C13H15ClN2/c1-9-11-6-10(8-16(2)3)7-15-13(11)5-4-12(9)14/h4-7H,8H2,1-3H3. The van der Waals surface area contributed by atoms with Gasteiger partial charge in [-0.2, -0.15) is 0 Å². The minimum Gasteiger partial charge on any atom is -0.305 e. The molecule has 0 amide bonds. The van der Waals surface area contributed by atoms with E-state index in [1.54, 1.807) is 0 Å². The lowest BCUT2D eigenvalue weighted by Gasteiger charge is -2.11. The van der Waals surface area contributed by atoms with E-state index in [0.29, 0.717) is 0 Å². The number of aryl methyl sites for hydroxylation is 1. The van der Waals surface area contributed by atoms with E-state index < -0.39 is 0 Å². The average molecular weight is 235 g/mol. The summed E-state index contributed by atoms with van der Waals surface area (Å²) in [6, 6.07) is 6.03. The maximum Gasteiger partial charge on any atom is 0.0705 e. The molecule has 0 saturated heterocycles. The quantitative estimate of drug-likeness (QED) is 0.793. The van der Waals surface area contributed by atoms with Crippen LogP contribution >= 0.6 is 11.6 Å². The Morgan fingerprint density at radius 2 is 2.06 bits per heavy atom. The molecule has 0 spiro atoms. The Morgan fingerprint density at radius 3 is 2.75 bits per heavy atom. The van der Waals surface area contributed by atoms with Crippen LogP contribution in [0.5, 0.6) is 0 Å². The summed E-state index contributed by atoms with van der Waals surface area (Å²) in [5, 5.41) is 1.95. The van der Waals surface area contributed by atoms with Crippen LogP contribution in [-0.2, 0) is 6.54 Å². The maximum atomic E-state index is 6.11. The summed E-state index contributed by atoms with van der Waals surface area (Å²) in [7, 11) is 4.10. The van der Waals surface area contributed by atoms with Crippen molar-refractivity contribution in [2.75, 3.05) is 14.1 Å². The molecule has 0 bridgehead atoms. The highest BCUT2D eigenvalue weighted by Crippen LogP contribution is 2.24. The molecule has 0 unspecified atom stereocenters. The number of aromatic nitrogens is 1. The SMILES string of the molecule is Cc1c(Cl)ccc2ncc(CN(C)C)cc12. The third kappa shape index (κ3) is 2.18. The minimum atomic E-state index is 0.802. The first-order chi connectivity index (χ1) is 7.58. The van der Waals surface area contributed by atoms with Crippen LogP contribution in [0.3, 0.4) is 0 Å². The predicted molar refractivity (Wildman–Crippen MR) is 68.9 cm³/mol. The monoisotopic (exact) mass is 234 g/mol. The summed E-state index contributed by atoms with van der Waals surface area (Å²) in [5.41, 5.74) is 3.32. The zero-order chi connectivity index (χ0) is 11.7. The lowest BCUT2D eigenvalue weighted by Crippen LogP contribution is -2.10. The summed E-state index contributed by atoms with van der Waals surface area (Å²) in [4.78, 5) is 6.58. The van der Waals surface area contributed by atoms with Gasteiger partial charge >= 0.3 is 0 Å². The second-order valence-electron chi connectivity index (χ2n) is 4.32. The molecule has 1 heterocycles. The van der Waals surface area contributed by atoms with Gasteiger partial charge in [0.05, 0.1) is 5.52 Å². The zero-order valence-electron chi connectivity index (χ0n) is 9.79. The van der Waals surface area contributed by atoms with Gasteiger partial charge in [-0.25, -0.2) is 0 Å². The molecule has 1 aromatic heterocycles. The molecule has 0 aliphatic rings. The Bertz CT molecular complexity index is 521. The molecule has 0 atom stereocenters. The first kappa shape index (κ1) is 11.4. The Hall–Kier alpha value is -1.12. The summed E-state index contributed by atoms with van der Waals surface area (Å²) >= 11 is 6.11. The molecular weight excluding hydrogens is 220 g/mol. The molecule has 0 saturated carbocycles. The highest BCUT2D eigenvalue weighted by molar-refractivity contribution is 6.32. The van der Waals surface area contributed by atoms with Gasteiger partial charge in [0, 0.05) is 23.2 Å². The van der Waals surface area contributed by atoms with Gasteiger partial charge in [-0.15, -0.1) is 0 Å². The number of benzene rings is 1. The summed E-state index contributed by atoms with van der Waals surface area (Å²) in [5.74, 6) is 0. The van der Waals surface area contributed by atoms with Gasteiger partial charge in [0.15, 0.2) is 0 Å². The van der Waals surface area contributed by atoms with Gasteiger partial charge in [0.1, 0.15) is 0 Å². The minimum absolute atomic E-state index is 0.802. The molecule has 2 nitrogen and oxygen atoms in total. The molecule has 16 heavy (non-hydrogen) atoms. The summed E-state index contributed by atoms with van der Waals surface area (Å²) < 4.78 is 0. The maximum absolute atomic E-state index is 6.11. The van der Waals surface area contributed by atoms with E-state index in [2.05, 4.69) is 30.0 Å². The van der Waals surface area contributed by atoms with Crippen LogP contribution in [0.25, 0.3) is 10.9 Å². The van der Waals surface area contributed by atoms with Gasteiger partial charge in [-0.3, -0.25) is 4.98 Å². The van der Waals surface area contributed by atoms with Crippen LogP contribution in [0.4, 0.5) is 0 Å². The molecule has 0 aliphatic carbocycles. The van der Waals surface area contributed by atoms with Crippen molar-refractivity contribution in [1.82, 2.24) is 9.88 Å². The number of hydrogen-bond acceptors (Lipinski definition) is 2. The fraction of sp³-hybridized carbons (Fsp3) is 0.308. The summed E-state index contributed by atoms with van der Waals surface area (Å²) in [6.45, 7) is 2.93. The average Bonchev–Trinajstić information content (AvgIpc) is 2.23. The van der Waals surface area contributed by atoms with Crippen LogP contribution in [0.1, 0.15) is 11.1 Å². The van der Waals surface area contributed by atoms with Crippen LogP contribution in [-0.4, -0.2) is 24.0 Å². The molecule has 0 radical (unpaired) electrons. The third-order valence-electron chi connectivity index (χ3n) is 2.62. The smallest absolute Gasteiger partial charge is 0.0705 e. The van der Waals surface area contributed by atoms with Crippen molar-refractivity contribution in [3.05, 3.63) is 40.5 Å². The molecule has 3 heteroatoms. The molecule has 2 rings (SSSR count). The fourth-order valence-electron chi connectivity index (χ4n) is 1.81. The van der Waals surface area contributed by atoms with E-state index in [0.717, 1.165) is 28.0 Å². The lowest BCUT2D eigenvalue weighted by atomic mass is 10.1. The third-order valence-corrected chi connectivity index (χ3v) is 3.03. The van der Waals surface area contributed by atoms with Gasteiger partial charge < -0.3 is 4.90 Å². The van der Waals surface area contributed by atoms with E-state index in [1.807, 2.05) is 25.3 Å². The topological polar surface area (TPSA) is 16.1 Å². The van der Waals surface area contributed by atoms with Crippen molar-refractivity contribution in [3.63, 3.8) is 0 Å². The van der Waals surface area contributed by atoms with E-state index >= 15 is 0 Å². The largest absolute Gasteiger partial charge is 0.305 e. The molecule has 84 valence electrons. The van der Waals surface area contributed by atoms with Crippen LogP contribution in [0, 0.1) is 6.92 Å². The number of halogens is 1. The van der Waals surface area contributed by atoms with Gasteiger partial charge in [-0.05, 0) is 50.3 Å². The Labute approximate surface area is 101 Å². The van der Waals surface area contributed by atoms with Crippen LogP contribution in [0.15, 0.2) is 24.4 Å². The van der Waals surface area contributed by atoms with Crippen molar-refractivity contribution in [1.29, 1.82) is 0 Å². The molecular formula is C13H15ClN2. The first-order valence-corrected chi connectivity index (χ1v) is 5.64. The Kier molecular flexibility index (Phi) is 3.13. The number of fused-ring (bicyclic) bond motifs is 1. The van der Waals surface area contributed by atoms with Crippen molar-refractivity contribution < 1.29 is 0 Å². The van der Waals surface area contributed by atoms with Crippen LogP contribution in [0.2, 0.25) is 5.02 Å². The number of nitrogens with zero attached hydrogens (tertiary/aromatic N) is 2. The van der Waals surface area contributed by atoms with Crippen molar-refractivity contribution >= 4 is 22.5 Å². The molecule has 2 aromatic rings. The van der Waals surface area contributed by atoms with Gasteiger partial charge in [-0.1, -0.05) is 11.6 Å². The van der Waals surface area contributed by atoms with Crippen molar-refractivity contribution in [2.45, 2.75) is 13.5 Å². The Balaban J connectivity index is 2.55. The van der Waals surface area contributed by atoms with Gasteiger partial charge in [0.25, 0.3) is 0 Å². The lowest BCUT2D eigenvalue weighted by molar-refractivity contribution is 0.402. The molecule has 0 N–H and O–H groups in total. The van der Waals surface area contributed by atoms with E-state index in [1.165, 1.54) is 5.56 Å². The highest BCUT2D eigenvalue weighted by Gasteiger charge is 2.04. The second kappa shape index (κ2) is 4.40. The van der Waals surface area contributed by atoms with E-state index in [-0.39, 0.29) is 0 Å². The normalized spacial score (nSPS) is 11.3. The van der Waals surface area contributed by atoms with Crippen molar-refractivity contribution in [2.24, 2.45) is 0 Å². The number of rotatable bonds is 2.